The number of hydrogen-bond donors (Lipinski definition) is 0. The van der Waals surface area contributed by atoms with E-state index in [0.717, 1.165) is 17.9 Å². The second kappa shape index (κ2) is 5.03. The lowest BCUT2D eigenvalue weighted by Crippen LogP contribution is -2.26. The van der Waals surface area contributed by atoms with E-state index in [2.05, 4.69) is 16.5 Å². The fourth-order valence-electron chi connectivity index (χ4n) is 1.21. The van der Waals surface area contributed by atoms with Gasteiger partial charge in [0.05, 0.1) is 5.82 Å². The van der Waals surface area contributed by atoms with Crippen LogP contribution < -0.4 is 0 Å². The molecule has 3 nitrogen and oxygen atoms in total. The molecule has 1 aromatic heterocycles. The average Bonchev–Trinajstić information content (AvgIpc) is 2.20. The Bertz CT molecular complexity index is 332. The van der Waals surface area contributed by atoms with E-state index >= 15 is 0 Å². The molecule has 0 atom stereocenters. The molecule has 0 aliphatic heterocycles. The van der Waals surface area contributed by atoms with Gasteiger partial charge in [-0.25, -0.2) is 4.98 Å². The van der Waals surface area contributed by atoms with E-state index in [4.69, 9.17) is 11.6 Å². The minimum Gasteiger partial charge on any atom is -0.365 e. The summed E-state index contributed by atoms with van der Waals surface area (Å²) in [5.41, 5.74) is 1.12. The van der Waals surface area contributed by atoms with Crippen LogP contribution in [0.25, 0.3) is 0 Å². The lowest BCUT2D eigenvalue weighted by Gasteiger charge is -2.27. The molecule has 0 aliphatic carbocycles. The van der Waals surface area contributed by atoms with Crippen LogP contribution in [0.3, 0.4) is 0 Å². The highest BCUT2D eigenvalue weighted by Gasteiger charge is 2.04. The molecule has 0 N–H and O–H groups in total. The van der Waals surface area contributed by atoms with Crippen LogP contribution in [-0.4, -0.2) is 35.9 Å². The van der Waals surface area contributed by atoms with Gasteiger partial charge in [0.2, 0.25) is 0 Å². The second-order valence-corrected chi connectivity index (χ2v) is 4.04. The predicted molar refractivity (Wildman–Crippen MR) is 63.5 cm³/mol. The van der Waals surface area contributed by atoms with E-state index in [1.807, 2.05) is 32.1 Å². The molecule has 15 heavy (non-hydrogen) atoms. The van der Waals surface area contributed by atoms with Gasteiger partial charge in [-0.05, 0) is 11.6 Å². The summed E-state index contributed by atoms with van der Waals surface area (Å²) in [5.74, 6) is 0.963. The minimum atomic E-state index is 0.521. The highest BCUT2D eigenvalue weighted by atomic mass is 35.5. The van der Waals surface area contributed by atoms with Gasteiger partial charge in [-0.15, -0.1) is 0 Å². The molecular weight excluding hydrogens is 210 g/mol. The van der Waals surface area contributed by atoms with E-state index in [0.29, 0.717) is 5.15 Å². The third-order valence-corrected chi connectivity index (χ3v) is 2.39. The Hall–Kier alpha value is -1.22. The molecule has 0 aliphatic rings. The molecule has 0 unspecified atom stereocenters. The molecule has 0 fully saturated rings. The Morgan fingerprint density at radius 1 is 1.40 bits per heavy atom. The van der Waals surface area contributed by atoms with Crippen LogP contribution in [0.15, 0.2) is 30.7 Å². The van der Waals surface area contributed by atoms with Crippen molar-refractivity contribution in [1.29, 1.82) is 0 Å². The second-order valence-electron chi connectivity index (χ2n) is 3.66. The van der Waals surface area contributed by atoms with Crippen molar-refractivity contribution < 1.29 is 0 Å². The zero-order valence-corrected chi connectivity index (χ0v) is 10.1. The Labute approximate surface area is 96.0 Å². The van der Waals surface area contributed by atoms with Gasteiger partial charge in [0.15, 0.2) is 0 Å². The Morgan fingerprint density at radius 3 is 2.53 bits per heavy atom. The van der Waals surface area contributed by atoms with Gasteiger partial charge in [-0.3, -0.25) is 0 Å². The first-order chi connectivity index (χ1) is 7.00. The maximum absolute atomic E-state index is 5.71. The highest BCUT2D eigenvalue weighted by Crippen LogP contribution is 2.10. The zero-order chi connectivity index (χ0) is 11.4. The monoisotopic (exact) mass is 225 g/mol. The van der Waals surface area contributed by atoms with Crippen LogP contribution in [0.1, 0.15) is 5.56 Å². The quantitative estimate of drug-likeness (QED) is 0.733. The SMILES string of the molecule is C=C(N(C)C)N(C)Cc1ccc(Cl)nc1. The third kappa shape index (κ3) is 3.44. The van der Waals surface area contributed by atoms with E-state index in [1.165, 1.54) is 0 Å². The van der Waals surface area contributed by atoms with Crippen molar-refractivity contribution in [3.05, 3.63) is 41.4 Å². The van der Waals surface area contributed by atoms with Gasteiger partial charge in [0.1, 0.15) is 5.15 Å². The summed E-state index contributed by atoms with van der Waals surface area (Å²) >= 11 is 5.71. The van der Waals surface area contributed by atoms with E-state index < -0.39 is 0 Å². The predicted octanol–water partition coefficient (Wildman–Crippen LogP) is 2.20. The molecule has 1 heterocycles. The average molecular weight is 226 g/mol. The van der Waals surface area contributed by atoms with Gasteiger partial charge in [-0.2, -0.15) is 0 Å². The van der Waals surface area contributed by atoms with Gasteiger partial charge < -0.3 is 9.80 Å². The van der Waals surface area contributed by atoms with E-state index in [1.54, 1.807) is 12.3 Å². The number of aromatic nitrogens is 1. The molecule has 4 heteroatoms. The molecule has 1 aromatic rings. The zero-order valence-electron chi connectivity index (χ0n) is 9.37. The molecule has 1 rings (SSSR count). The molecular formula is C11H16ClN3. The topological polar surface area (TPSA) is 19.4 Å². The largest absolute Gasteiger partial charge is 0.365 e. The maximum Gasteiger partial charge on any atom is 0.129 e. The van der Waals surface area contributed by atoms with Crippen molar-refractivity contribution >= 4 is 11.6 Å². The molecule has 82 valence electrons. The summed E-state index contributed by atoms with van der Waals surface area (Å²) in [6, 6.07) is 3.76. The normalized spacial score (nSPS) is 9.87. The van der Waals surface area contributed by atoms with Crippen LogP contribution in [0.2, 0.25) is 5.15 Å². The smallest absolute Gasteiger partial charge is 0.129 e. The minimum absolute atomic E-state index is 0.521. The summed E-state index contributed by atoms with van der Waals surface area (Å²) in [5, 5.41) is 0.521. The number of nitrogens with zero attached hydrogens (tertiary/aromatic N) is 3. The van der Waals surface area contributed by atoms with Crippen molar-refractivity contribution in [3.8, 4) is 0 Å². The summed E-state index contributed by atoms with van der Waals surface area (Å²) in [4.78, 5) is 8.07. The number of pyridine rings is 1. The standard InChI is InChI=1S/C11H16ClN3/c1-9(14(2)3)15(4)8-10-5-6-11(12)13-7-10/h5-7H,1,8H2,2-4H3. The Morgan fingerprint density at radius 2 is 2.07 bits per heavy atom. The number of rotatable bonds is 4. The Kier molecular flexibility index (Phi) is 3.97. The summed E-state index contributed by atoms with van der Waals surface area (Å²) in [6.07, 6.45) is 1.78. The van der Waals surface area contributed by atoms with Crippen LogP contribution >= 0.6 is 11.6 Å². The fraction of sp³-hybridized carbons (Fsp3) is 0.364. The van der Waals surface area contributed by atoms with E-state index in [-0.39, 0.29) is 0 Å². The summed E-state index contributed by atoms with van der Waals surface area (Å²) in [6.45, 7) is 4.75. The first-order valence-electron chi connectivity index (χ1n) is 4.68. The lowest BCUT2D eigenvalue weighted by molar-refractivity contribution is 0.296. The van der Waals surface area contributed by atoms with Crippen LogP contribution in [-0.2, 0) is 6.54 Å². The molecule has 0 saturated carbocycles. The van der Waals surface area contributed by atoms with Crippen LogP contribution in [0.5, 0.6) is 0 Å². The van der Waals surface area contributed by atoms with Crippen molar-refractivity contribution in [1.82, 2.24) is 14.8 Å². The third-order valence-electron chi connectivity index (χ3n) is 2.17. The number of halogens is 1. The van der Waals surface area contributed by atoms with Crippen molar-refractivity contribution in [3.63, 3.8) is 0 Å². The number of hydrogen-bond acceptors (Lipinski definition) is 3. The first-order valence-corrected chi connectivity index (χ1v) is 5.06. The molecule has 0 saturated heterocycles. The molecule has 0 spiro atoms. The highest BCUT2D eigenvalue weighted by molar-refractivity contribution is 6.29. The van der Waals surface area contributed by atoms with Gasteiger partial charge in [0, 0.05) is 33.9 Å². The summed E-state index contributed by atoms with van der Waals surface area (Å²) < 4.78 is 0. The van der Waals surface area contributed by atoms with Crippen molar-refractivity contribution in [2.24, 2.45) is 0 Å². The van der Waals surface area contributed by atoms with E-state index in [9.17, 15) is 0 Å². The molecule has 0 amide bonds. The fourth-order valence-corrected chi connectivity index (χ4v) is 1.32. The van der Waals surface area contributed by atoms with Gasteiger partial charge >= 0.3 is 0 Å². The molecule has 0 aromatic carbocycles. The Balaban J connectivity index is 2.62. The first kappa shape index (κ1) is 11.9. The molecule has 0 bridgehead atoms. The molecule has 0 radical (unpaired) electrons. The summed E-state index contributed by atoms with van der Waals surface area (Å²) in [7, 11) is 5.94. The van der Waals surface area contributed by atoms with Crippen LogP contribution in [0.4, 0.5) is 0 Å². The van der Waals surface area contributed by atoms with Crippen molar-refractivity contribution in [2.45, 2.75) is 6.54 Å². The van der Waals surface area contributed by atoms with Crippen molar-refractivity contribution in [2.75, 3.05) is 21.1 Å². The lowest BCUT2D eigenvalue weighted by atomic mass is 10.3. The maximum atomic E-state index is 5.71. The van der Waals surface area contributed by atoms with Gasteiger partial charge in [0.25, 0.3) is 0 Å². The van der Waals surface area contributed by atoms with Crippen LogP contribution in [0, 0.1) is 0 Å². The van der Waals surface area contributed by atoms with Gasteiger partial charge in [-0.1, -0.05) is 24.2 Å².